The van der Waals surface area contributed by atoms with Gasteiger partial charge in [0.25, 0.3) is 0 Å². The number of benzene rings is 1. The molecule has 0 heterocycles. The summed E-state index contributed by atoms with van der Waals surface area (Å²) in [4.78, 5) is 11.4. The summed E-state index contributed by atoms with van der Waals surface area (Å²) >= 11 is 12.0. The Kier molecular flexibility index (Phi) is 5.25. The van der Waals surface area contributed by atoms with Crippen molar-refractivity contribution in [1.82, 2.24) is 10.6 Å². The molecule has 2 unspecified atom stereocenters. The molecule has 0 radical (unpaired) electrons. The lowest BCUT2D eigenvalue weighted by atomic mass is 10.1. The lowest BCUT2D eigenvalue weighted by molar-refractivity contribution is -0.122. The Balaban J connectivity index is 2.79. The van der Waals surface area contributed by atoms with E-state index in [-0.39, 0.29) is 18.0 Å². The van der Waals surface area contributed by atoms with Crippen LogP contribution in [0.25, 0.3) is 0 Å². The highest BCUT2D eigenvalue weighted by Gasteiger charge is 2.16. The van der Waals surface area contributed by atoms with Gasteiger partial charge in [-0.25, -0.2) is 0 Å². The normalized spacial score (nSPS) is 14.2. The molecule has 0 aliphatic carbocycles. The van der Waals surface area contributed by atoms with E-state index in [0.717, 1.165) is 5.56 Å². The number of carbonyl (C=O) groups is 1. The van der Waals surface area contributed by atoms with E-state index in [1.807, 2.05) is 6.92 Å². The van der Waals surface area contributed by atoms with E-state index >= 15 is 0 Å². The average Bonchev–Trinajstić information content (AvgIpc) is 2.30. The molecule has 0 saturated carbocycles. The number of halogens is 2. The van der Waals surface area contributed by atoms with Crippen LogP contribution in [0, 0.1) is 0 Å². The second kappa shape index (κ2) is 6.24. The van der Waals surface area contributed by atoms with Crippen molar-refractivity contribution < 1.29 is 4.79 Å². The van der Waals surface area contributed by atoms with E-state index in [1.54, 1.807) is 32.2 Å². The van der Waals surface area contributed by atoms with Crippen LogP contribution in [0.2, 0.25) is 10.0 Å². The van der Waals surface area contributed by atoms with Crippen molar-refractivity contribution in [2.75, 3.05) is 7.05 Å². The second-order valence-corrected chi connectivity index (χ2v) is 4.73. The van der Waals surface area contributed by atoms with Crippen LogP contribution in [0.15, 0.2) is 18.2 Å². The van der Waals surface area contributed by atoms with Crippen molar-refractivity contribution in [2.24, 2.45) is 0 Å². The number of carbonyl (C=O) groups excluding carboxylic acids is 1. The predicted octanol–water partition coefficient (Wildman–Crippen LogP) is 2.78. The van der Waals surface area contributed by atoms with Crippen molar-refractivity contribution in [3.63, 3.8) is 0 Å². The molecule has 0 fully saturated rings. The summed E-state index contributed by atoms with van der Waals surface area (Å²) in [6, 6.07) is 4.96. The minimum Gasteiger partial charge on any atom is -0.358 e. The van der Waals surface area contributed by atoms with Crippen LogP contribution in [0.1, 0.15) is 25.5 Å². The molecule has 1 amide bonds. The fraction of sp³-hybridized carbons (Fsp3) is 0.417. The summed E-state index contributed by atoms with van der Waals surface area (Å²) in [5, 5.41) is 7.01. The van der Waals surface area contributed by atoms with Gasteiger partial charge in [0.05, 0.1) is 6.04 Å². The molecule has 1 aromatic carbocycles. The topological polar surface area (TPSA) is 41.1 Å². The number of nitrogens with one attached hydrogen (secondary N) is 2. The molecule has 1 aromatic rings. The summed E-state index contributed by atoms with van der Waals surface area (Å²) in [5.41, 5.74) is 0.884. The molecule has 3 nitrogen and oxygen atoms in total. The molecular formula is C12H16Cl2N2O. The van der Waals surface area contributed by atoms with Crippen LogP contribution in [0.3, 0.4) is 0 Å². The summed E-state index contributed by atoms with van der Waals surface area (Å²) in [6.45, 7) is 3.74. The van der Waals surface area contributed by atoms with Gasteiger partial charge in [-0.15, -0.1) is 0 Å². The molecule has 2 atom stereocenters. The van der Waals surface area contributed by atoms with Gasteiger partial charge in [0.1, 0.15) is 0 Å². The van der Waals surface area contributed by atoms with Gasteiger partial charge < -0.3 is 5.32 Å². The molecule has 2 N–H and O–H groups in total. The van der Waals surface area contributed by atoms with Crippen LogP contribution >= 0.6 is 23.2 Å². The fourth-order valence-corrected chi connectivity index (χ4v) is 2.07. The first-order valence-corrected chi connectivity index (χ1v) is 6.14. The predicted molar refractivity (Wildman–Crippen MR) is 71.5 cm³/mol. The van der Waals surface area contributed by atoms with Crippen molar-refractivity contribution >= 4 is 29.1 Å². The number of rotatable bonds is 4. The Labute approximate surface area is 111 Å². The Morgan fingerprint density at radius 1 is 1.29 bits per heavy atom. The SMILES string of the molecule is CNC(=O)C(C)NC(C)c1cc(Cl)ccc1Cl. The summed E-state index contributed by atoms with van der Waals surface area (Å²) in [7, 11) is 1.61. The Bertz CT molecular complexity index is 409. The highest BCUT2D eigenvalue weighted by molar-refractivity contribution is 6.33. The smallest absolute Gasteiger partial charge is 0.236 e. The van der Waals surface area contributed by atoms with Crippen LogP contribution < -0.4 is 10.6 Å². The lowest BCUT2D eigenvalue weighted by Gasteiger charge is -2.20. The second-order valence-electron chi connectivity index (χ2n) is 3.89. The van der Waals surface area contributed by atoms with Gasteiger partial charge >= 0.3 is 0 Å². The quantitative estimate of drug-likeness (QED) is 0.887. The maximum atomic E-state index is 11.4. The first-order valence-electron chi connectivity index (χ1n) is 5.38. The zero-order valence-electron chi connectivity index (χ0n) is 10.1. The highest BCUT2D eigenvalue weighted by atomic mass is 35.5. The van der Waals surface area contributed by atoms with E-state index < -0.39 is 0 Å². The van der Waals surface area contributed by atoms with Crippen LogP contribution in [0.5, 0.6) is 0 Å². The molecule has 5 heteroatoms. The van der Waals surface area contributed by atoms with Crippen LogP contribution in [-0.4, -0.2) is 19.0 Å². The standard InChI is InChI=1S/C12H16Cl2N2O/c1-7(16-8(2)12(17)15-3)10-6-9(13)4-5-11(10)14/h4-8,16H,1-3H3,(H,15,17). The molecule has 0 aliphatic heterocycles. The van der Waals surface area contributed by atoms with Crippen molar-refractivity contribution in [1.29, 1.82) is 0 Å². The maximum Gasteiger partial charge on any atom is 0.236 e. The minimum atomic E-state index is -0.287. The average molecular weight is 275 g/mol. The van der Waals surface area contributed by atoms with Crippen molar-refractivity contribution in [3.05, 3.63) is 33.8 Å². The van der Waals surface area contributed by atoms with Gasteiger partial charge in [-0.2, -0.15) is 0 Å². The van der Waals surface area contributed by atoms with Crippen LogP contribution in [-0.2, 0) is 4.79 Å². The summed E-state index contributed by atoms with van der Waals surface area (Å²) in [5.74, 6) is -0.0602. The summed E-state index contributed by atoms with van der Waals surface area (Å²) in [6.07, 6.45) is 0. The van der Waals surface area contributed by atoms with E-state index in [1.165, 1.54) is 0 Å². The fourth-order valence-electron chi connectivity index (χ4n) is 1.60. The zero-order valence-corrected chi connectivity index (χ0v) is 11.6. The molecule has 0 aliphatic rings. The number of likely N-dealkylation sites (N-methyl/N-ethyl adjacent to an activating group) is 1. The molecule has 0 spiro atoms. The number of amides is 1. The van der Waals surface area contributed by atoms with Gasteiger partial charge in [0.2, 0.25) is 5.91 Å². The highest BCUT2D eigenvalue weighted by Crippen LogP contribution is 2.26. The Morgan fingerprint density at radius 3 is 2.53 bits per heavy atom. The molecular weight excluding hydrogens is 259 g/mol. The van der Waals surface area contributed by atoms with Gasteiger partial charge in [0, 0.05) is 23.1 Å². The van der Waals surface area contributed by atoms with Crippen LogP contribution in [0.4, 0.5) is 0 Å². The van der Waals surface area contributed by atoms with E-state index in [4.69, 9.17) is 23.2 Å². The molecule has 0 aromatic heterocycles. The molecule has 94 valence electrons. The molecule has 0 saturated heterocycles. The maximum absolute atomic E-state index is 11.4. The third-order valence-corrected chi connectivity index (χ3v) is 3.14. The number of hydrogen-bond donors (Lipinski definition) is 2. The van der Waals surface area contributed by atoms with E-state index in [0.29, 0.717) is 10.0 Å². The van der Waals surface area contributed by atoms with E-state index in [9.17, 15) is 4.79 Å². The van der Waals surface area contributed by atoms with E-state index in [2.05, 4.69) is 10.6 Å². The minimum absolute atomic E-state index is 0.0477. The summed E-state index contributed by atoms with van der Waals surface area (Å²) < 4.78 is 0. The molecule has 17 heavy (non-hydrogen) atoms. The van der Waals surface area contributed by atoms with Gasteiger partial charge in [0.15, 0.2) is 0 Å². The van der Waals surface area contributed by atoms with Gasteiger partial charge in [-0.05, 0) is 37.6 Å². The van der Waals surface area contributed by atoms with Gasteiger partial charge in [-0.1, -0.05) is 23.2 Å². The third-order valence-electron chi connectivity index (χ3n) is 2.56. The molecule has 0 bridgehead atoms. The first-order chi connectivity index (χ1) is 7.95. The lowest BCUT2D eigenvalue weighted by Crippen LogP contribution is -2.41. The largest absolute Gasteiger partial charge is 0.358 e. The third kappa shape index (κ3) is 3.87. The number of hydrogen-bond acceptors (Lipinski definition) is 2. The molecule has 1 rings (SSSR count). The van der Waals surface area contributed by atoms with Crippen molar-refractivity contribution in [3.8, 4) is 0 Å². The Hall–Kier alpha value is -0.770. The Morgan fingerprint density at radius 2 is 1.94 bits per heavy atom. The van der Waals surface area contributed by atoms with Gasteiger partial charge in [-0.3, -0.25) is 10.1 Å². The monoisotopic (exact) mass is 274 g/mol. The van der Waals surface area contributed by atoms with Crippen molar-refractivity contribution in [2.45, 2.75) is 25.9 Å². The first kappa shape index (κ1) is 14.3. The zero-order chi connectivity index (χ0) is 13.0.